The molecule has 198 valence electrons. The molecule has 2 aromatic heterocycles. The summed E-state index contributed by atoms with van der Waals surface area (Å²) in [6, 6.07) is 6.97. The second kappa shape index (κ2) is 11.3. The van der Waals surface area contributed by atoms with Crippen LogP contribution in [0.3, 0.4) is 0 Å². The molecule has 1 saturated carbocycles. The second-order valence-corrected chi connectivity index (χ2v) is 11.4. The number of hydrogen-bond donors (Lipinski definition) is 1. The van der Waals surface area contributed by atoms with Gasteiger partial charge in [0.2, 0.25) is 0 Å². The number of benzene rings is 2. The maximum Gasteiger partial charge on any atom is 0.152 e. The molecule has 1 atom stereocenters. The summed E-state index contributed by atoms with van der Waals surface area (Å²) in [4.78, 5) is 8.47. The van der Waals surface area contributed by atoms with E-state index in [9.17, 15) is 13.9 Å². The zero-order valence-corrected chi connectivity index (χ0v) is 23.0. The zero-order chi connectivity index (χ0) is 24.9. The highest BCUT2D eigenvalue weighted by Crippen LogP contribution is 2.46. The Labute approximate surface area is 229 Å². The molecule has 0 saturated heterocycles. The predicted octanol–water partition coefficient (Wildman–Crippen LogP) is 8.93. The van der Waals surface area contributed by atoms with Crippen molar-refractivity contribution in [2.45, 2.75) is 80.0 Å². The number of hydrogen-bond acceptors (Lipinski definition) is 3. The van der Waals surface area contributed by atoms with Gasteiger partial charge in [-0.3, -0.25) is 0 Å². The van der Waals surface area contributed by atoms with Gasteiger partial charge in [-0.1, -0.05) is 46.7 Å². The molecule has 2 heterocycles. The third kappa shape index (κ3) is 5.68. The smallest absolute Gasteiger partial charge is 0.152 e. The van der Waals surface area contributed by atoms with E-state index in [0.29, 0.717) is 21.3 Å². The average Bonchev–Trinajstić information content (AvgIpc) is 3.38. The minimum absolute atomic E-state index is 0. The van der Waals surface area contributed by atoms with Crippen molar-refractivity contribution in [3.63, 3.8) is 0 Å². The van der Waals surface area contributed by atoms with Crippen molar-refractivity contribution in [1.82, 2.24) is 19.1 Å². The summed E-state index contributed by atoms with van der Waals surface area (Å²) in [5.74, 6) is 0.153. The van der Waals surface area contributed by atoms with Crippen molar-refractivity contribution < 1.29 is 13.9 Å². The molecular weight excluding hydrogens is 594 g/mol. The number of imidazole rings is 2. The lowest BCUT2D eigenvalue weighted by atomic mass is 9.99. The third-order valence-corrected chi connectivity index (χ3v) is 7.12. The molecule has 0 amide bonds. The molecule has 36 heavy (non-hydrogen) atoms. The summed E-state index contributed by atoms with van der Waals surface area (Å²) in [6.07, 6.45) is 3.67. The van der Waals surface area contributed by atoms with Crippen LogP contribution in [0.5, 0.6) is 0 Å². The van der Waals surface area contributed by atoms with E-state index in [1.54, 1.807) is 13.3 Å². The van der Waals surface area contributed by atoms with Crippen LogP contribution >= 0.6 is 31.9 Å². The molecule has 4 aromatic rings. The van der Waals surface area contributed by atoms with Crippen LogP contribution in [0, 0.1) is 17.6 Å². The van der Waals surface area contributed by atoms with Gasteiger partial charge in [-0.15, -0.1) is 0 Å². The van der Waals surface area contributed by atoms with Gasteiger partial charge in [-0.2, -0.15) is 0 Å². The SMILES string of the molecule is C.C.CC(C)n1c(C(C)(O)C2CC2)nc2c(F)cc(Br)cc21.CC(C)n1cnc2c(F)cc(Br)cc21. The molecule has 1 aliphatic rings. The van der Waals surface area contributed by atoms with Crippen LogP contribution in [0.2, 0.25) is 0 Å². The molecule has 1 N–H and O–H groups in total. The Bertz CT molecular complexity index is 1360. The first-order valence-electron chi connectivity index (χ1n) is 11.3. The number of halogens is 4. The van der Waals surface area contributed by atoms with Crippen molar-refractivity contribution in [1.29, 1.82) is 0 Å². The van der Waals surface area contributed by atoms with Crippen LogP contribution in [-0.2, 0) is 5.60 Å². The molecule has 1 aliphatic carbocycles. The average molecular weight is 630 g/mol. The Balaban J connectivity index is 0.000000254. The van der Waals surface area contributed by atoms with Crippen LogP contribution in [0.15, 0.2) is 39.5 Å². The van der Waals surface area contributed by atoms with Crippen molar-refractivity contribution in [3.8, 4) is 0 Å². The maximum absolute atomic E-state index is 14.1. The topological polar surface area (TPSA) is 55.9 Å². The molecule has 5 rings (SSSR count). The van der Waals surface area contributed by atoms with E-state index in [0.717, 1.165) is 28.3 Å². The zero-order valence-electron chi connectivity index (χ0n) is 19.8. The molecule has 5 nitrogen and oxygen atoms in total. The largest absolute Gasteiger partial charge is 0.382 e. The molecule has 0 spiro atoms. The summed E-state index contributed by atoms with van der Waals surface area (Å²) >= 11 is 6.59. The molecular formula is C27H36Br2F2N4O. The van der Waals surface area contributed by atoms with E-state index >= 15 is 0 Å². The van der Waals surface area contributed by atoms with E-state index in [1.807, 2.05) is 49.0 Å². The summed E-state index contributed by atoms with van der Waals surface area (Å²) in [5.41, 5.74) is 1.32. The predicted molar refractivity (Wildman–Crippen MR) is 151 cm³/mol. The van der Waals surface area contributed by atoms with Gasteiger partial charge in [0, 0.05) is 21.0 Å². The van der Waals surface area contributed by atoms with E-state index in [-0.39, 0.29) is 44.5 Å². The minimum Gasteiger partial charge on any atom is -0.382 e. The minimum atomic E-state index is -0.998. The number of nitrogens with zero attached hydrogens (tertiary/aromatic N) is 4. The third-order valence-electron chi connectivity index (χ3n) is 6.21. The Morgan fingerprint density at radius 3 is 1.94 bits per heavy atom. The van der Waals surface area contributed by atoms with Crippen molar-refractivity contribution in [2.75, 3.05) is 0 Å². The molecule has 0 bridgehead atoms. The van der Waals surface area contributed by atoms with Crippen LogP contribution in [0.25, 0.3) is 22.1 Å². The molecule has 9 heteroatoms. The molecule has 2 aromatic carbocycles. The Morgan fingerprint density at radius 1 is 0.917 bits per heavy atom. The van der Waals surface area contributed by atoms with Crippen LogP contribution in [0.1, 0.15) is 80.2 Å². The number of rotatable bonds is 4. The first kappa shape index (κ1) is 30.4. The summed E-state index contributed by atoms with van der Waals surface area (Å²) < 4.78 is 32.9. The number of aliphatic hydroxyl groups is 1. The second-order valence-electron chi connectivity index (χ2n) is 9.58. The number of aromatic nitrogens is 4. The monoisotopic (exact) mass is 628 g/mol. The maximum atomic E-state index is 14.1. The summed E-state index contributed by atoms with van der Waals surface area (Å²) in [7, 11) is 0. The van der Waals surface area contributed by atoms with Gasteiger partial charge in [-0.25, -0.2) is 18.7 Å². The Morgan fingerprint density at radius 2 is 1.44 bits per heavy atom. The first-order chi connectivity index (χ1) is 15.9. The fraction of sp³-hybridized carbons (Fsp3) is 0.481. The van der Waals surface area contributed by atoms with Crippen LogP contribution in [-0.4, -0.2) is 24.2 Å². The lowest BCUT2D eigenvalue weighted by molar-refractivity contribution is 0.0200. The van der Waals surface area contributed by atoms with Crippen LogP contribution < -0.4 is 0 Å². The normalized spacial score (nSPS) is 14.9. The quantitative estimate of drug-likeness (QED) is 0.245. The lowest BCUT2D eigenvalue weighted by Gasteiger charge is -2.25. The first-order valence-corrected chi connectivity index (χ1v) is 12.9. The fourth-order valence-corrected chi connectivity index (χ4v) is 5.13. The standard InChI is InChI=1S/C15H18BrFN2O.C10H10BrFN2.2CH4/c1-8(2)19-12-7-10(16)6-11(17)13(12)18-14(19)15(3,20)9-4-5-9;1-6(2)14-5-13-10-8(12)3-7(11)4-9(10)14;;/h6-9,20H,4-5H2,1-3H3;3-6H,1-2H3;2*1H4. The van der Waals surface area contributed by atoms with Gasteiger partial charge in [0.05, 0.1) is 17.4 Å². The Hall–Kier alpha value is -1.84. The highest BCUT2D eigenvalue weighted by molar-refractivity contribution is 9.10. The van der Waals surface area contributed by atoms with Gasteiger partial charge in [0.15, 0.2) is 11.6 Å². The number of fused-ring (bicyclic) bond motifs is 2. The lowest BCUT2D eigenvalue weighted by Crippen LogP contribution is -2.29. The van der Waals surface area contributed by atoms with Gasteiger partial charge >= 0.3 is 0 Å². The highest BCUT2D eigenvalue weighted by Gasteiger charge is 2.45. The molecule has 0 radical (unpaired) electrons. The molecule has 1 unspecified atom stereocenters. The Kier molecular flexibility index (Phi) is 9.51. The van der Waals surface area contributed by atoms with Crippen molar-refractivity contribution >= 4 is 53.9 Å². The van der Waals surface area contributed by atoms with Gasteiger partial charge in [0.25, 0.3) is 0 Å². The highest BCUT2D eigenvalue weighted by atomic mass is 79.9. The van der Waals surface area contributed by atoms with Gasteiger partial charge in [0.1, 0.15) is 22.5 Å². The van der Waals surface area contributed by atoms with Crippen molar-refractivity contribution in [2.24, 2.45) is 5.92 Å². The summed E-state index contributed by atoms with van der Waals surface area (Å²) in [5, 5.41) is 10.8. The van der Waals surface area contributed by atoms with Crippen molar-refractivity contribution in [3.05, 3.63) is 57.0 Å². The van der Waals surface area contributed by atoms with Gasteiger partial charge < -0.3 is 14.2 Å². The molecule has 0 aliphatic heterocycles. The van der Waals surface area contributed by atoms with E-state index in [1.165, 1.54) is 12.1 Å². The summed E-state index contributed by atoms with van der Waals surface area (Å²) in [6.45, 7) is 9.91. The van der Waals surface area contributed by atoms with Gasteiger partial charge in [-0.05, 0) is 77.6 Å². The molecule has 1 fully saturated rings. The fourth-order valence-electron chi connectivity index (χ4n) is 4.30. The van der Waals surface area contributed by atoms with E-state index in [4.69, 9.17) is 0 Å². The van der Waals surface area contributed by atoms with Crippen LogP contribution in [0.4, 0.5) is 8.78 Å². The van der Waals surface area contributed by atoms with E-state index in [2.05, 4.69) is 41.8 Å². The van der Waals surface area contributed by atoms with E-state index < -0.39 is 5.60 Å².